The van der Waals surface area contributed by atoms with E-state index in [4.69, 9.17) is 9.15 Å². The van der Waals surface area contributed by atoms with E-state index in [1.807, 2.05) is 87.5 Å². The highest BCUT2D eigenvalue weighted by molar-refractivity contribution is 5.80. The number of rotatable bonds is 7. The number of aryl methyl sites for hydroxylation is 1. The molecule has 0 radical (unpaired) electrons. The topological polar surface area (TPSA) is 67.5 Å². The number of fused-ring (bicyclic) bond motifs is 1. The van der Waals surface area contributed by atoms with E-state index in [0.717, 1.165) is 33.6 Å². The number of anilines is 1. The highest BCUT2D eigenvalue weighted by Crippen LogP contribution is 2.32. The molecule has 0 bridgehead atoms. The summed E-state index contributed by atoms with van der Waals surface area (Å²) in [5.41, 5.74) is 4.11. The summed E-state index contributed by atoms with van der Waals surface area (Å²) in [6.07, 6.45) is 0. The number of nitrogens with zero attached hydrogens (tertiary/aromatic N) is 1. The lowest BCUT2D eigenvalue weighted by atomic mass is 9.98. The Bertz CT molecular complexity index is 1140. The molecule has 32 heavy (non-hydrogen) atoms. The van der Waals surface area contributed by atoms with Crippen molar-refractivity contribution in [2.75, 3.05) is 18.5 Å². The molecule has 0 unspecified atom stereocenters. The third-order valence-electron chi connectivity index (χ3n) is 4.99. The summed E-state index contributed by atoms with van der Waals surface area (Å²) in [5, 5.41) is 13.7. The molecule has 3 aromatic carbocycles. The molecule has 0 atom stereocenters. The number of aromatic nitrogens is 1. The molecule has 1 heterocycles. The van der Waals surface area contributed by atoms with Crippen molar-refractivity contribution in [2.24, 2.45) is 0 Å². The van der Waals surface area contributed by atoms with Crippen LogP contribution in [0.4, 0.5) is 5.69 Å². The fraction of sp³-hybridized carbons (Fsp3) is 0.296. The van der Waals surface area contributed by atoms with Crippen LogP contribution < -0.4 is 10.1 Å². The molecular weight excluding hydrogens is 400 g/mol. The van der Waals surface area contributed by atoms with Gasteiger partial charge in [-0.15, -0.1) is 0 Å². The lowest BCUT2D eigenvalue weighted by molar-refractivity contribution is 0.0792. The first-order valence-corrected chi connectivity index (χ1v) is 11.1. The molecule has 0 spiro atoms. The van der Waals surface area contributed by atoms with E-state index in [1.165, 1.54) is 0 Å². The quantitative estimate of drug-likeness (QED) is 0.324. The van der Waals surface area contributed by atoms with E-state index in [2.05, 4.69) is 10.3 Å². The van der Waals surface area contributed by atoms with E-state index in [-0.39, 0.29) is 0 Å². The van der Waals surface area contributed by atoms with Crippen molar-refractivity contribution in [3.63, 3.8) is 0 Å². The summed E-state index contributed by atoms with van der Waals surface area (Å²) in [6, 6.07) is 21.6. The first kappa shape index (κ1) is 23.4. The van der Waals surface area contributed by atoms with Crippen LogP contribution >= 0.6 is 0 Å². The number of oxazole rings is 1. The molecule has 0 aliphatic heterocycles. The maximum atomic E-state index is 10.4. The van der Waals surface area contributed by atoms with Gasteiger partial charge in [0.05, 0.1) is 5.60 Å². The van der Waals surface area contributed by atoms with Crippen LogP contribution in [0.1, 0.15) is 38.8 Å². The molecule has 0 amide bonds. The number of hydrogen-bond acceptors (Lipinski definition) is 5. The summed E-state index contributed by atoms with van der Waals surface area (Å²) in [5.74, 6) is 1.45. The van der Waals surface area contributed by atoms with Crippen LogP contribution in [0.2, 0.25) is 0 Å². The average molecular weight is 433 g/mol. The van der Waals surface area contributed by atoms with Crippen molar-refractivity contribution in [3.05, 3.63) is 77.9 Å². The van der Waals surface area contributed by atoms with Crippen molar-refractivity contribution in [3.8, 4) is 17.2 Å². The van der Waals surface area contributed by atoms with Gasteiger partial charge in [0.1, 0.15) is 17.9 Å². The predicted octanol–water partition coefficient (Wildman–Crippen LogP) is 6.55. The zero-order valence-electron chi connectivity index (χ0n) is 19.5. The van der Waals surface area contributed by atoms with E-state index in [9.17, 15) is 5.11 Å². The Balaban J connectivity index is 0.00000141. The second-order valence-corrected chi connectivity index (χ2v) is 7.85. The van der Waals surface area contributed by atoms with Crippen molar-refractivity contribution >= 4 is 16.8 Å². The van der Waals surface area contributed by atoms with Crippen molar-refractivity contribution in [2.45, 2.75) is 40.2 Å². The molecule has 0 aliphatic carbocycles. The molecule has 5 heteroatoms. The molecule has 2 N–H and O–H groups in total. The molecule has 4 aromatic rings. The third-order valence-corrected chi connectivity index (χ3v) is 4.99. The molecular formula is C27H32N2O3. The van der Waals surface area contributed by atoms with E-state index in [0.29, 0.717) is 24.6 Å². The van der Waals surface area contributed by atoms with E-state index >= 15 is 0 Å². The zero-order valence-corrected chi connectivity index (χ0v) is 19.5. The highest BCUT2D eigenvalue weighted by Gasteiger charge is 2.22. The average Bonchev–Trinajstić information content (AvgIpc) is 3.23. The second-order valence-electron chi connectivity index (χ2n) is 7.85. The minimum absolute atomic E-state index is 0.538. The van der Waals surface area contributed by atoms with Gasteiger partial charge in [0.25, 0.3) is 0 Å². The monoisotopic (exact) mass is 432 g/mol. The van der Waals surface area contributed by atoms with Crippen LogP contribution in [-0.4, -0.2) is 23.2 Å². The van der Waals surface area contributed by atoms with Crippen LogP contribution in [-0.2, 0) is 5.60 Å². The normalized spacial score (nSPS) is 11.1. The van der Waals surface area contributed by atoms with Crippen LogP contribution in [0.25, 0.3) is 22.6 Å². The molecule has 5 nitrogen and oxygen atoms in total. The number of benzene rings is 3. The Morgan fingerprint density at radius 3 is 2.38 bits per heavy atom. The van der Waals surface area contributed by atoms with Gasteiger partial charge in [0, 0.05) is 23.4 Å². The molecule has 4 rings (SSSR count). The number of nitrogens with one attached hydrogen (secondary N) is 1. The lowest BCUT2D eigenvalue weighted by Gasteiger charge is -2.17. The van der Waals surface area contributed by atoms with Crippen molar-refractivity contribution in [1.29, 1.82) is 0 Å². The van der Waals surface area contributed by atoms with Gasteiger partial charge < -0.3 is 19.6 Å². The summed E-state index contributed by atoms with van der Waals surface area (Å²) >= 11 is 0. The van der Waals surface area contributed by atoms with Gasteiger partial charge in [0.2, 0.25) is 5.89 Å². The second kappa shape index (κ2) is 10.3. The molecule has 1 aromatic heterocycles. The lowest BCUT2D eigenvalue weighted by Crippen LogP contribution is -2.15. The zero-order chi connectivity index (χ0) is 23.1. The Morgan fingerprint density at radius 2 is 1.69 bits per heavy atom. The number of para-hydroxylation sites is 2. The minimum atomic E-state index is -0.996. The van der Waals surface area contributed by atoms with E-state index < -0.39 is 5.60 Å². The van der Waals surface area contributed by atoms with Gasteiger partial charge in [-0.1, -0.05) is 44.2 Å². The number of ether oxygens (including phenoxy) is 1. The van der Waals surface area contributed by atoms with E-state index in [1.54, 1.807) is 13.8 Å². The van der Waals surface area contributed by atoms with Gasteiger partial charge in [-0.05, 0) is 62.7 Å². The smallest absolute Gasteiger partial charge is 0.227 e. The maximum absolute atomic E-state index is 10.4. The van der Waals surface area contributed by atoms with Crippen LogP contribution in [0.5, 0.6) is 5.75 Å². The minimum Gasteiger partial charge on any atom is -0.491 e. The van der Waals surface area contributed by atoms with Gasteiger partial charge in [-0.25, -0.2) is 4.98 Å². The van der Waals surface area contributed by atoms with Crippen LogP contribution in [0.3, 0.4) is 0 Å². The molecule has 168 valence electrons. The molecule has 0 saturated heterocycles. The summed E-state index contributed by atoms with van der Waals surface area (Å²) < 4.78 is 11.8. The standard InChI is InChI=1S/C25H26N2O3.C2H6/c1-17-7-4-5-10-22(17)29-16-15-26-19-13-11-18(12-14-19)24-27-21-9-6-8-20(23(21)30-24)25(2,3)28;1-2/h4-14,26,28H,15-16H2,1-3H3;1-2H3. The van der Waals surface area contributed by atoms with Gasteiger partial charge >= 0.3 is 0 Å². The first-order valence-electron chi connectivity index (χ1n) is 11.1. The third kappa shape index (κ3) is 5.48. The Labute approximate surface area is 190 Å². The maximum Gasteiger partial charge on any atom is 0.227 e. The summed E-state index contributed by atoms with van der Waals surface area (Å²) in [6.45, 7) is 10.8. The molecule has 0 aliphatic rings. The Morgan fingerprint density at radius 1 is 0.969 bits per heavy atom. The fourth-order valence-electron chi connectivity index (χ4n) is 3.36. The summed E-state index contributed by atoms with van der Waals surface area (Å²) in [7, 11) is 0. The highest BCUT2D eigenvalue weighted by atomic mass is 16.5. The summed E-state index contributed by atoms with van der Waals surface area (Å²) in [4.78, 5) is 4.59. The van der Waals surface area contributed by atoms with Gasteiger partial charge in [-0.3, -0.25) is 0 Å². The molecule has 0 fully saturated rings. The van der Waals surface area contributed by atoms with Crippen molar-refractivity contribution in [1.82, 2.24) is 4.98 Å². The fourth-order valence-corrected chi connectivity index (χ4v) is 3.36. The van der Waals surface area contributed by atoms with Crippen LogP contribution in [0.15, 0.2) is 71.1 Å². The van der Waals surface area contributed by atoms with Crippen LogP contribution in [0, 0.1) is 6.92 Å². The predicted molar refractivity (Wildman–Crippen MR) is 131 cm³/mol. The van der Waals surface area contributed by atoms with Gasteiger partial charge in [0.15, 0.2) is 5.58 Å². The molecule has 0 saturated carbocycles. The number of hydrogen-bond donors (Lipinski definition) is 2. The first-order chi connectivity index (χ1) is 15.4. The Hall–Kier alpha value is -3.31. The van der Waals surface area contributed by atoms with Gasteiger partial charge in [-0.2, -0.15) is 0 Å². The van der Waals surface area contributed by atoms with Crippen molar-refractivity contribution < 1.29 is 14.3 Å². The Kier molecular flexibility index (Phi) is 7.54. The largest absolute Gasteiger partial charge is 0.491 e. The number of aliphatic hydroxyl groups is 1. The SMILES string of the molecule is CC.Cc1ccccc1OCCNc1ccc(-c2nc3cccc(C(C)(C)O)c3o2)cc1.